The van der Waals surface area contributed by atoms with Crippen LogP contribution in [0, 0.1) is 11.3 Å². The minimum absolute atomic E-state index is 0.00451. The van der Waals surface area contributed by atoms with Crippen LogP contribution in [0.4, 0.5) is 0 Å². The number of carbonyl (C=O) groups is 1. The maximum absolute atomic E-state index is 12.1. The number of ether oxygens (including phenoxy) is 1. The highest BCUT2D eigenvalue weighted by molar-refractivity contribution is 6.32. The first kappa shape index (κ1) is 16.5. The maximum atomic E-state index is 12.1. The first-order chi connectivity index (χ1) is 11.1. The Labute approximate surface area is 139 Å². The molecule has 5 nitrogen and oxygen atoms in total. The Morgan fingerprint density at radius 2 is 2.30 bits per heavy atom. The first-order valence-electron chi connectivity index (χ1n) is 6.76. The summed E-state index contributed by atoms with van der Waals surface area (Å²) in [5, 5.41) is 12.3. The molecule has 116 valence electrons. The molecule has 2 aromatic rings. The molecule has 23 heavy (non-hydrogen) atoms. The summed E-state index contributed by atoms with van der Waals surface area (Å²) in [6, 6.07) is 10.5. The topological polar surface area (TPSA) is 75.0 Å². The monoisotopic (exact) mass is 327 g/mol. The van der Waals surface area contributed by atoms with Gasteiger partial charge in [-0.2, -0.15) is 5.26 Å². The molecule has 1 aromatic carbocycles. The van der Waals surface area contributed by atoms with Gasteiger partial charge in [0.1, 0.15) is 17.4 Å². The van der Waals surface area contributed by atoms with Crippen molar-refractivity contribution >= 4 is 23.6 Å². The van der Waals surface area contributed by atoms with Crippen LogP contribution in [-0.2, 0) is 11.3 Å². The van der Waals surface area contributed by atoms with Crippen LogP contribution in [0.25, 0.3) is 6.08 Å². The van der Waals surface area contributed by atoms with E-state index in [0.29, 0.717) is 22.9 Å². The third-order valence-corrected chi connectivity index (χ3v) is 3.32. The average Bonchev–Trinajstić information content (AvgIpc) is 2.58. The summed E-state index contributed by atoms with van der Waals surface area (Å²) in [7, 11) is 1.52. The van der Waals surface area contributed by atoms with Gasteiger partial charge in [-0.25, -0.2) is 0 Å². The predicted octanol–water partition coefficient (Wildman–Crippen LogP) is 2.97. The third-order valence-electron chi connectivity index (χ3n) is 3.03. The molecule has 2 rings (SSSR count). The minimum atomic E-state index is -0.455. The molecular weight excluding hydrogens is 314 g/mol. The van der Waals surface area contributed by atoms with Crippen LogP contribution in [-0.4, -0.2) is 18.0 Å². The van der Waals surface area contributed by atoms with Crippen molar-refractivity contribution < 1.29 is 9.53 Å². The summed E-state index contributed by atoms with van der Waals surface area (Å²) in [5.74, 6) is 0.0756. The van der Waals surface area contributed by atoms with Gasteiger partial charge in [0, 0.05) is 18.9 Å². The van der Waals surface area contributed by atoms with Gasteiger partial charge < -0.3 is 10.1 Å². The lowest BCUT2D eigenvalue weighted by molar-refractivity contribution is -0.117. The van der Waals surface area contributed by atoms with Crippen LogP contribution >= 0.6 is 11.6 Å². The predicted molar refractivity (Wildman–Crippen MR) is 87.7 cm³/mol. The van der Waals surface area contributed by atoms with Gasteiger partial charge in [0.2, 0.25) is 0 Å². The SMILES string of the molecule is COc1ccc(/C=C(\C#N)C(=O)NCc2cccnc2)cc1Cl. The number of nitrogens with one attached hydrogen (secondary N) is 1. The van der Waals surface area contributed by atoms with E-state index in [9.17, 15) is 10.1 Å². The van der Waals surface area contributed by atoms with Gasteiger partial charge in [-0.15, -0.1) is 0 Å². The average molecular weight is 328 g/mol. The summed E-state index contributed by atoms with van der Waals surface area (Å²) in [5.41, 5.74) is 1.49. The molecule has 6 heteroatoms. The minimum Gasteiger partial charge on any atom is -0.495 e. The summed E-state index contributed by atoms with van der Waals surface area (Å²) in [4.78, 5) is 16.0. The zero-order valence-corrected chi connectivity index (χ0v) is 13.2. The Morgan fingerprint density at radius 1 is 1.48 bits per heavy atom. The second kappa shape index (κ2) is 7.97. The van der Waals surface area contributed by atoms with Crippen molar-refractivity contribution in [1.82, 2.24) is 10.3 Å². The van der Waals surface area contributed by atoms with Crippen molar-refractivity contribution in [3.05, 3.63) is 64.4 Å². The van der Waals surface area contributed by atoms with Crippen molar-refractivity contribution in [2.45, 2.75) is 6.54 Å². The number of methoxy groups -OCH3 is 1. The smallest absolute Gasteiger partial charge is 0.262 e. The van der Waals surface area contributed by atoms with E-state index in [1.807, 2.05) is 12.1 Å². The lowest BCUT2D eigenvalue weighted by Crippen LogP contribution is -2.24. The second-order valence-corrected chi connectivity index (χ2v) is 5.01. The van der Waals surface area contributed by atoms with E-state index in [2.05, 4.69) is 10.3 Å². The van der Waals surface area contributed by atoms with E-state index in [4.69, 9.17) is 16.3 Å². The van der Waals surface area contributed by atoms with Gasteiger partial charge in [-0.3, -0.25) is 9.78 Å². The van der Waals surface area contributed by atoms with Crippen molar-refractivity contribution in [2.24, 2.45) is 0 Å². The van der Waals surface area contributed by atoms with Gasteiger partial charge in [0.15, 0.2) is 0 Å². The zero-order chi connectivity index (χ0) is 16.7. The van der Waals surface area contributed by atoms with E-state index in [1.165, 1.54) is 13.2 Å². The van der Waals surface area contributed by atoms with Crippen LogP contribution in [0.3, 0.4) is 0 Å². The Kier molecular flexibility index (Phi) is 5.73. The quantitative estimate of drug-likeness (QED) is 0.676. The summed E-state index contributed by atoms with van der Waals surface area (Å²) >= 11 is 6.03. The van der Waals surface area contributed by atoms with Gasteiger partial charge in [-0.1, -0.05) is 23.7 Å². The summed E-state index contributed by atoms with van der Waals surface area (Å²) in [6.45, 7) is 0.301. The molecule has 0 aliphatic rings. The Morgan fingerprint density at radius 3 is 2.91 bits per heavy atom. The Hall–Kier alpha value is -2.84. The van der Waals surface area contributed by atoms with E-state index >= 15 is 0 Å². The van der Waals surface area contributed by atoms with Crippen LogP contribution in [0.2, 0.25) is 5.02 Å². The molecule has 1 amide bonds. The Balaban J connectivity index is 2.10. The molecule has 0 fully saturated rings. The number of hydrogen-bond acceptors (Lipinski definition) is 4. The second-order valence-electron chi connectivity index (χ2n) is 4.61. The van der Waals surface area contributed by atoms with E-state index in [1.54, 1.807) is 36.7 Å². The number of carbonyl (C=O) groups excluding carboxylic acids is 1. The molecule has 0 aliphatic heterocycles. The number of halogens is 1. The van der Waals surface area contributed by atoms with Crippen LogP contribution in [0.5, 0.6) is 5.75 Å². The fourth-order valence-electron chi connectivity index (χ4n) is 1.87. The maximum Gasteiger partial charge on any atom is 0.262 e. The molecule has 0 saturated carbocycles. The fourth-order valence-corrected chi connectivity index (χ4v) is 2.13. The molecule has 0 bridgehead atoms. The number of amides is 1. The van der Waals surface area contributed by atoms with Gasteiger partial charge in [-0.05, 0) is 35.4 Å². The number of pyridine rings is 1. The molecule has 0 saturated heterocycles. The highest BCUT2D eigenvalue weighted by atomic mass is 35.5. The standard InChI is InChI=1S/C17H14ClN3O2/c1-23-16-5-4-12(8-15(16)18)7-14(9-19)17(22)21-11-13-3-2-6-20-10-13/h2-8,10H,11H2,1H3,(H,21,22)/b14-7+. The number of hydrogen-bond donors (Lipinski definition) is 1. The molecule has 0 radical (unpaired) electrons. The lowest BCUT2D eigenvalue weighted by atomic mass is 10.1. The number of aromatic nitrogens is 1. The fraction of sp³-hybridized carbons (Fsp3) is 0.118. The van der Waals surface area contributed by atoms with Crippen LogP contribution < -0.4 is 10.1 Å². The number of nitriles is 1. The summed E-state index contributed by atoms with van der Waals surface area (Å²) in [6.07, 6.45) is 4.78. The van der Waals surface area contributed by atoms with E-state index < -0.39 is 5.91 Å². The molecular formula is C17H14ClN3O2. The molecule has 1 heterocycles. The molecule has 0 aliphatic carbocycles. The number of nitrogens with zero attached hydrogens (tertiary/aromatic N) is 2. The van der Waals surface area contributed by atoms with Crippen molar-refractivity contribution in [3.8, 4) is 11.8 Å². The van der Waals surface area contributed by atoms with Crippen LogP contribution in [0.1, 0.15) is 11.1 Å². The normalized spacial score (nSPS) is 10.7. The van der Waals surface area contributed by atoms with E-state index in [-0.39, 0.29) is 5.57 Å². The molecule has 0 spiro atoms. The first-order valence-corrected chi connectivity index (χ1v) is 7.14. The molecule has 1 aromatic heterocycles. The van der Waals surface area contributed by atoms with Crippen molar-refractivity contribution in [3.63, 3.8) is 0 Å². The number of rotatable bonds is 5. The highest BCUT2D eigenvalue weighted by Crippen LogP contribution is 2.25. The van der Waals surface area contributed by atoms with Crippen LogP contribution in [0.15, 0.2) is 48.3 Å². The van der Waals surface area contributed by atoms with Crippen molar-refractivity contribution in [1.29, 1.82) is 5.26 Å². The molecule has 0 unspecified atom stereocenters. The Bertz CT molecular complexity index is 767. The summed E-state index contributed by atoms with van der Waals surface area (Å²) < 4.78 is 5.06. The number of benzene rings is 1. The molecule has 0 atom stereocenters. The van der Waals surface area contributed by atoms with Gasteiger partial charge >= 0.3 is 0 Å². The zero-order valence-electron chi connectivity index (χ0n) is 12.4. The molecule has 1 N–H and O–H groups in total. The lowest BCUT2D eigenvalue weighted by Gasteiger charge is -2.05. The van der Waals surface area contributed by atoms with Gasteiger partial charge in [0.05, 0.1) is 12.1 Å². The largest absolute Gasteiger partial charge is 0.495 e. The van der Waals surface area contributed by atoms with Gasteiger partial charge in [0.25, 0.3) is 5.91 Å². The van der Waals surface area contributed by atoms with Crippen molar-refractivity contribution in [2.75, 3.05) is 7.11 Å². The third kappa shape index (κ3) is 4.56. The van der Waals surface area contributed by atoms with E-state index in [0.717, 1.165) is 5.56 Å². The highest BCUT2D eigenvalue weighted by Gasteiger charge is 2.09.